The Morgan fingerprint density at radius 3 is 2.56 bits per heavy atom. The summed E-state index contributed by atoms with van der Waals surface area (Å²) in [4.78, 5) is 17.3. The minimum atomic E-state index is -0.526. The van der Waals surface area contributed by atoms with E-state index in [2.05, 4.69) is 4.98 Å². The highest BCUT2D eigenvalue weighted by molar-refractivity contribution is 6.00. The lowest BCUT2D eigenvalue weighted by Gasteiger charge is -2.21. The van der Waals surface area contributed by atoms with Gasteiger partial charge in [0.15, 0.2) is 0 Å². The van der Waals surface area contributed by atoms with Crippen molar-refractivity contribution in [3.8, 4) is 0 Å². The van der Waals surface area contributed by atoms with Gasteiger partial charge >= 0.3 is 0 Å². The third kappa shape index (κ3) is 2.24. The SMILES string of the molecule is CN(c1ccccc1)c1cnc(N)cc1C(N)=O. The maximum absolute atomic E-state index is 11.4. The summed E-state index contributed by atoms with van der Waals surface area (Å²) < 4.78 is 0. The largest absolute Gasteiger partial charge is 0.384 e. The maximum atomic E-state index is 11.4. The Morgan fingerprint density at radius 2 is 1.94 bits per heavy atom. The highest BCUT2D eigenvalue weighted by Gasteiger charge is 2.14. The molecule has 0 spiro atoms. The highest BCUT2D eigenvalue weighted by atomic mass is 16.1. The number of nitrogen functional groups attached to an aromatic ring is 1. The molecule has 0 bridgehead atoms. The molecule has 0 unspecified atom stereocenters. The molecule has 1 aromatic heterocycles. The number of rotatable bonds is 3. The van der Waals surface area contributed by atoms with Crippen LogP contribution in [0.15, 0.2) is 42.6 Å². The van der Waals surface area contributed by atoms with Crippen molar-refractivity contribution in [1.29, 1.82) is 0 Å². The van der Waals surface area contributed by atoms with Gasteiger partial charge < -0.3 is 16.4 Å². The molecule has 0 atom stereocenters. The van der Waals surface area contributed by atoms with E-state index in [4.69, 9.17) is 11.5 Å². The predicted octanol–water partition coefficient (Wildman–Crippen LogP) is 1.53. The zero-order valence-electron chi connectivity index (χ0n) is 10.00. The van der Waals surface area contributed by atoms with Crippen molar-refractivity contribution < 1.29 is 4.79 Å². The quantitative estimate of drug-likeness (QED) is 0.854. The third-order valence-corrected chi connectivity index (χ3v) is 2.67. The second-order valence-corrected chi connectivity index (χ2v) is 3.89. The van der Waals surface area contributed by atoms with Crippen LogP contribution in [0.1, 0.15) is 10.4 Å². The minimum absolute atomic E-state index is 0.272. The van der Waals surface area contributed by atoms with E-state index in [1.165, 1.54) is 6.07 Å². The number of amides is 1. The monoisotopic (exact) mass is 242 g/mol. The average molecular weight is 242 g/mol. The number of anilines is 3. The van der Waals surface area contributed by atoms with E-state index in [0.717, 1.165) is 5.69 Å². The fourth-order valence-electron chi connectivity index (χ4n) is 1.72. The number of carbonyl (C=O) groups excluding carboxylic acids is 1. The number of benzene rings is 1. The summed E-state index contributed by atoms with van der Waals surface area (Å²) in [5.74, 6) is -0.254. The number of hydrogen-bond acceptors (Lipinski definition) is 4. The van der Waals surface area contributed by atoms with Gasteiger partial charge in [0.05, 0.1) is 17.4 Å². The summed E-state index contributed by atoms with van der Waals surface area (Å²) in [7, 11) is 1.84. The first kappa shape index (κ1) is 11.9. The van der Waals surface area contributed by atoms with Crippen molar-refractivity contribution in [3.63, 3.8) is 0 Å². The molecule has 1 heterocycles. The van der Waals surface area contributed by atoms with E-state index in [0.29, 0.717) is 11.3 Å². The lowest BCUT2D eigenvalue weighted by Crippen LogP contribution is -2.19. The normalized spacial score (nSPS) is 10.1. The predicted molar refractivity (Wildman–Crippen MR) is 71.7 cm³/mol. The molecule has 0 radical (unpaired) electrons. The lowest BCUT2D eigenvalue weighted by atomic mass is 10.1. The van der Waals surface area contributed by atoms with E-state index in [1.54, 1.807) is 6.20 Å². The first-order chi connectivity index (χ1) is 8.59. The lowest BCUT2D eigenvalue weighted by molar-refractivity contribution is 0.100. The van der Waals surface area contributed by atoms with Crippen LogP contribution in [-0.4, -0.2) is 17.9 Å². The van der Waals surface area contributed by atoms with Crippen LogP contribution in [0.2, 0.25) is 0 Å². The van der Waals surface area contributed by atoms with Gasteiger partial charge in [-0.25, -0.2) is 4.98 Å². The molecule has 0 aliphatic carbocycles. The van der Waals surface area contributed by atoms with Gasteiger partial charge in [-0.3, -0.25) is 4.79 Å². The zero-order chi connectivity index (χ0) is 13.1. The van der Waals surface area contributed by atoms with Crippen LogP contribution in [0.5, 0.6) is 0 Å². The van der Waals surface area contributed by atoms with Crippen LogP contribution in [0.25, 0.3) is 0 Å². The summed E-state index contributed by atoms with van der Waals surface area (Å²) >= 11 is 0. The van der Waals surface area contributed by atoms with Crippen LogP contribution in [-0.2, 0) is 0 Å². The number of hydrogen-bond donors (Lipinski definition) is 2. The maximum Gasteiger partial charge on any atom is 0.251 e. The molecule has 2 aromatic rings. The zero-order valence-corrected chi connectivity index (χ0v) is 10.00. The van der Waals surface area contributed by atoms with Crippen molar-refractivity contribution >= 4 is 23.1 Å². The number of nitrogens with two attached hydrogens (primary N) is 2. The molecule has 0 aliphatic rings. The molecular formula is C13H14N4O. The molecule has 1 amide bonds. The van der Waals surface area contributed by atoms with E-state index < -0.39 is 5.91 Å². The molecule has 2 rings (SSSR count). The summed E-state index contributed by atoms with van der Waals surface area (Å²) in [6, 6.07) is 11.1. The van der Waals surface area contributed by atoms with Gasteiger partial charge in [0.1, 0.15) is 5.82 Å². The Bertz CT molecular complexity index is 568. The van der Waals surface area contributed by atoms with Crippen LogP contribution >= 0.6 is 0 Å². The molecular weight excluding hydrogens is 228 g/mol. The van der Waals surface area contributed by atoms with Gasteiger partial charge in [0.2, 0.25) is 0 Å². The molecule has 5 heteroatoms. The molecule has 0 fully saturated rings. The number of aromatic nitrogens is 1. The van der Waals surface area contributed by atoms with Crippen LogP contribution in [0.3, 0.4) is 0 Å². The van der Waals surface area contributed by atoms with Crippen LogP contribution in [0, 0.1) is 0 Å². The summed E-state index contributed by atoms with van der Waals surface area (Å²) in [6.45, 7) is 0. The van der Waals surface area contributed by atoms with Crippen molar-refractivity contribution in [1.82, 2.24) is 4.98 Å². The molecule has 1 aromatic carbocycles. The van der Waals surface area contributed by atoms with Crippen molar-refractivity contribution in [2.24, 2.45) is 5.73 Å². The van der Waals surface area contributed by atoms with Gasteiger partial charge in [-0.15, -0.1) is 0 Å². The molecule has 0 saturated heterocycles. The van der Waals surface area contributed by atoms with E-state index in [-0.39, 0.29) is 5.82 Å². The second-order valence-electron chi connectivity index (χ2n) is 3.89. The van der Waals surface area contributed by atoms with Crippen molar-refractivity contribution in [2.75, 3.05) is 17.7 Å². The number of nitrogens with zero attached hydrogens (tertiary/aromatic N) is 2. The standard InChI is InChI=1S/C13H14N4O/c1-17(9-5-3-2-4-6-9)11-8-16-12(14)7-10(11)13(15)18/h2-8H,1H3,(H2,14,16)(H2,15,18). The average Bonchev–Trinajstić information content (AvgIpc) is 2.39. The number of pyridine rings is 1. The van der Waals surface area contributed by atoms with E-state index in [1.807, 2.05) is 42.3 Å². The van der Waals surface area contributed by atoms with Gasteiger partial charge in [-0.05, 0) is 18.2 Å². The molecule has 92 valence electrons. The Hall–Kier alpha value is -2.56. The fraction of sp³-hybridized carbons (Fsp3) is 0.0769. The molecule has 0 aliphatic heterocycles. The third-order valence-electron chi connectivity index (χ3n) is 2.67. The summed E-state index contributed by atoms with van der Waals surface area (Å²) in [5.41, 5.74) is 12.8. The van der Waals surface area contributed by atoms with Gasteiger partial charge in [-0.2, -0.15) is 0 Å². The number of primary amides is 1. The van der Waals surface area contributed by atoms with E-state index >= 15 is 0 Å². The van der Waals surface area contributed by atoms with Gasteiger partial charge in [0.25, 0.3) is 5.91 Å². The Kier molecular flexibility index (Phi) is 3.14. The summed E-state index contributed by atoms with van der Waals surface area (Å²) in [6.07, 6.45) is 1.54. The first-order valence-corrected chi connectivity index (χ1v) is 5.43. The second kappa shape index (κ2) is 4.75. The molecule has 18 heavy (non-hydrogen) atoms. The molecule has 5 nitrogen and oxygen atoms in total. The van der Waals surface area contributed by atoms with Crippen molar-refractivity contribution in [2.45, 2.75) is 0 Å². The highest BCUT2D eigenvalue weighted by Crippen LogP contribution is 2.26. The van der Waals surface area contributed by atoms with Crippen molar-refractivity contribution in [3.05, 3.63) is 48.2 Å². The molecule has 0 saturated carbocycles. The number of carbonyl (C=O) groups is 1. The first-order valence-electron chi connectivity index (χ1n) is 5.43. The van der Waals surface area contributed by atoms with Crippen LogP contribution in [0.4, 0.5) is 17.2 Å². The number of para-hydroxylation sites is 1. The fourth-order valence-corrected chi connectivity index (χ4v) is 1.72. The van der Waals surface area contributed by atoms with Gasteiger partial charge in [-0.1, -0.05) is 18.2 Å². The Balaban J connectivity index is 2.48. The summed E-state index contributed by atoms with van der Waals surface area (Å²) in [5, 5.41) is 0. The van der Waals surface area contributed by atoms with E-state index in [9.17, 15) is 4.79 Å². The Morgan fingerprint density at radius 1 is 1.28 bits per heavy atom. The smallest absolute Gasteiger partial charge is 0.251 e. The van der Waals surface area contributed by atoms with Gasteiger partial charge in [0, 0.05) is 12.7 Å². The topological polar surface area (TPSA) is 85.2 Å². The Labute approximate surface area is 105 Å². The minimum Gasteiger partial charge on any atom is -0.384 e. The molecule has 4 N–H and O–H groups in total. The van der Waals surface area contributed by atoms with Crippen LogP contribution < -0.4 is 16.4 Å².